The minimum absolute atomic E-state index is 0.0577. The molecule has 0 radical (unpaired) electrons. The number of nitrogen functional groups attached to an aromatic ring is 1. The zero-order valence-corrected chi connectivity index (χ0v) is 10.1. The summed E-state index contributed by atoms with van der Waals surface area (Å²) in [4.78, 5) is 17.6. The van der Waals surface area contributed by atoms with Gasteiger partial charge in [-0.1, -0.05) is 24.3 Å². The van der Waals surface area contributed by atoms with Crippen LogP contribution in [-0.4, -0.2) is 15.8 Å². The molecule has 19 heavy (non-hydrogen) atoms. The van der Waals surface area contributed by atoms with Crippen LogP contribution in [-0.2, 0) is 13.1 Å². The number of carbonyl (C=O) groups excluding carboxylic acids is 1. The molecule has 0 fully saturated rings. The van der Waals surface area contributed by atoms with E-state index < -0.39 is 5.82 Å². The highest BCUT2D eigenvalue weighted by molar-refractivity contribution is 5.98. The SMILES string of the molecule is Nc1ncc(F)cc1C(=O)N1Cc2ccccc2C1. The third kappa shape index (κ3) is 2.03. The molecule has 5 heteroatoms. The third-order valence-corrected chi connectivity index (χ3v) is 3.24. The molecule has 0 spiro atoms. The highest BCUT2D eigenvalue weighted by Crippen LogP contribution is 2.25. The van der Waals surface area contributed by atoms with Crippen molar-refractivity contribution in [3.05, 3.63) is 59.0 Å². The van der Waals surface area contributed by atoms with Gasteiger partial charge < -0.3 is 10.6 Å². The minimum atomic E-state index is -0.561. The summed E-state index contributed by atoms with van der Waals surface area (Å²) in [6.45, 7) is 1.04. The molecule has 0 aliphatic carbocycles. The Bertz CT molecular complexity index is 632. The fourth-order valence-electron chi connectivity index (χ4n) is 2.27. The van der Waals surface area contributed by atoms with Gasteiger partial charge in [0.05, 0.1) is 11.8 Å². The maximum atomic E-state index is 13.2. The number of amides is 1. The van der Waals surface area contributed by atoms with Gasteiger partial charge in [-0.3, -0.25) is 4.79 Å². The minimum Gasteiger partial charge on any atom is -0.383 e. The molecule has 3 rings (SSSR count). The molecule has 1 amide bonds. The molecule has 0 saturated carbocycles. The van der Waals surface area contributed by atoms with Crippen molar-refractivity contribution < 1.29 is 9.18 Å². The molecule has 96 valence electrons. The molecule has 2 aromatic rings. The number of rotatable bonds is 1. The van der Waals surface area contributed by atoms with Crippen LogP contribution in [0.5, 0.6) is 0 Å². The van der Waals surface area contributed by atoms with Crippen LogP contribution in [0.1, 0.15) is 21.5 Å². The first kappa shape index (κ1) is 11.6. The van der Waals surface area contributed by atoms with Gasteiger partial charge in [0, 0.05) is 13.1 Å². The van der Waals surface area contributed by atoms with E-state index in [1.807, 2.05) is 24.3 Å². The lowest BCUT2D eigenvalue weighted by Crippen LogP contribution is -2.26. The van der Waals surface area contributed by atoms with E-state index in [1.165, 1.54) is 0 Å². The Labute approximate surface area is 109 Å². The Hall–Kier alpha value is -2.43. The van der Waals surface area contributed by atoms with Crippen LogP contribution in [0.15, 0.2) is 36.5 Å². The molecule has 1 aliphatic heterocycles. The molecular weight excluding hydrogens is 245 g/mol. The number of hydrogen-bond donors (Lipinski definition) is 1. The lowest BCUT2D eigenvalue weighted by atomic mass is 10.1. The van der Waals surface area contributed by atoms with E-state index in [1.54, 1.807) is 4.90 Å². The Kier molecular flexibility index (Phi) is 2.67. The molecule has 0 bridgehead atoms. The lowest BCUT2D eigenvalue weighted by Gasteiger charge is -2.16. The quantitative estimate of drug-likeness (QED) is 0.849. The van der Waals surface area contributed by atoms with Crippen molar-refractivity contribution in [3.63, 3.8) is 0 Å². The van der Waals surface area contributed by atoms with Crippen molar-refractivity contribution in [2.24, 2.45) is 0 Å². The van der Waals surface area contributed by atoms with E-state index in [9.17, 15) is 9.18 Å². The van der Waals surface area contributed by atoms with Crippen LogP contribution in [0.2, 0.25) is 0 Å². The molecule has 1 aromatic carbocycles. The van der Waals surface area contributed by atoms with Crippen molar-refractivity contribution >= 4 is 11.7 Å². The fraction of sp³-hybridized carbons (Fsp3) is 0.143. The van der Waals surface area contributed by atoms with Gasteiger partial charge in [0.2, 0.25) is 0 Å². The van der Waals surface area contributed by atoms with Gasteiger partial charge in [0.1, 0.15) is 11.6 Å². The summed E-state index contributed by atoms with van der Waals surface area (Å²) >= 11 is 0. The number of hydrogen-bond acceptors (Lipinski definition) is 3. The van der Waals surface area contributed by atoms with Crippen LogP contribution in [0.4, 0.5) is 10.2 Å². The number of nitrogens with two attached hydrogens (primary N) is 1. The van der Waals surface area contributed by atoms with Crippen molar-refractivity contribution in [2.45, 2.75) is 13.1 Å². The molecule has 1 aromatic heterocycles. The van der Waals surface area contributed by atoms with E-state index in [-0.39, 0.29) is 17.3 Å². The first-order valence-corrected chi connectivity index (χ1v) is 5.92. The second kappa shape index (κ2) is 4.35. The van der Waals surface area contributed by atoms with Crippen LogP contribution in [0.3, 0.4) is 0 Å². The summed E-state index contributed by atoms with van der Waals surface area (Å²) in [6, 6.07) is 8.97. The van der Waals surface area contributed by atoms with Gasteiger partial charge >= 0.3 is 0 Å². The smallest absolute Gasteiger partial charge is 0.258 e. The average Bonchev–Trinajstić information content (AvgIpc) is 2.84. The highest BCUT2D eigenvalue weighted by atomic mass is 19.1. The zero-order valence-electron chi connectivity index (χ0n) is 10.1. The van der Waals surface area contributed by atoms with Crippen LogP contribution in [0.25, 0.3) is 0 Å². The summed E-state index contributed by atoms with van der Waals surface area (Å²) < 4.78 is 13.2. The highest BCUT2D eigenvalue weighted by Gasteiger charge is 2.25. The van der Waals surface area contributed by atoms with Gasteiger partial charge in [0.25, 0.3) is 5.91 Å². The first-order valence-electron chi connectivity index (χ1n) is 5.92. The predicted octanol–water partition coefficient (Wildman–Crippen LogP) is 1.96. The van der Waals surface area contributed by atoms with Crippen molar-refractivity contribution in [2.75, 3.05) is 5.73 Å². The Morgan fingerprint density at radius 3 is 2.53 bits per heavy atom. The topological polar surface area (TPSA) is 59.2 Å². The number of fused-ring (bicyclic) bond motifs is 1. The Morgan fingerprint density at radius 1 is 1.26 bits per heavy atom. The molecule has 1 aliphatic rings. The van der Waals surface area contributed by atoms with Gasteiger partial charge in [-0.25, -0.2) is 9.37 Å². The predicted molar refractivity (Wildman–Crippen MR) is 68.6 cm³/mol. The van der Waals surface area contributed by atoms with E-state index in [0.29, 0.717) is 13.1 Å². The van der Waals surface area contributed by atoms with Crippen LogP contribution in [0, 0.1) is 5.82 Å². The standard InChI is InChI=1S/C14H12FN3O/c15-11-5-12(13(16)17-6-11)14(19)18-7-9-3-1-2-4-10(9)8-18/h1-6H,7-8H2,(H2,16,17). The average molecular weight is 257 g/mol. The monoisotopic (exact) mass is 257 g/mol. The Balaban J connectivity index is 1.89. The van der Waals surface area contributed by atoms with E-state index in [4.69, 9.17) is 5.73 Å². The molecule has 2 heterocycles. The molecule has 0 unspecified atom stereocenters. The number of anilines is 1. The lowest BCUT2D eigenvalue weighted by molar-refractivity contribution is 0.0751. The van der Waals surface area contributed by atoms with Crippen molar-refractivity contribution in [1.82, 2.24) is 9.88 Å². The number of benzene rings is 1. The number of aromatic nitrogens is 1. The zero-order chi connectivity index (χ0) is 13.4. The maximum absolute atomic E-state index is 13.2. The van der Waals surface area contributed by atoms with Gasteiger partial charge in [-0.2, -0.15) is 0 Å². The molecular formula is C14H12FN3O. The molecule has 0 saturated heterocycles. The number of halogens is 1. The van der Waals surface area contributed by atoms with Crippen molar-refractivity contribution in [1.29, 1.82) is 0 Å². The first-order chi connectivity index (χ1) is 9.15. The number of carbonyl (C=O) groups is 1. The van der Waals surface area contributed by atoms with E-state index in [2.05, 4.69) is 4.98 Å². The summed E-state index contributed by atoms with van der Waals surface area (Å²) in [7, 11) is 0. The number of pyridine rings is 1. The van der Waals surface area contributed by atoms with Crippen molar-refractivity contribution in [3.8, 4) is 0 Å². The normalized spacial score (nSPS) is 13.4. The Morgan fingerprint density at radius 2 is 1.89 bits per heavy atom. The number of nitrogens with zero attached hydrogens (tertiary/aromatic N) is 2. The van der Waals surface area contributed by atoms with Crippen LogP contribution >= 0.6 is 0 Å². The van der Waals surface area contributed by atoms with Crippen LogP contribution < -0.4 is 5.73 Å². The third-order valence-electron chi connectivity index (χ3n) is 3.24. The van der Waals surface area contributed by atoms with Gasteiger partial charge in [-0.05, 0) is 17.2 Å². The fourth-order valence-corrected chi connectivity index (χ4v) is 2.27. The summed E-state index contributed by atoms with van der Waals surface area (Å²) in [6.07, 6.45) is 1.00. The van der Waals surface area contributed by atoms with Gasteiger partial charge in [-0.15, -0.1) is 0 Å². The van der Waals surface area contributed by atoms with E-state index in [0.717, 1.165) is 23.4 Å². The largest absolute Gasteiger partial charge is 0.383 e. The summed E-state index contributed by atoms with van der Waals surface area (Å²) in [5, 5.41) is 0. The van der Waals surface area contributed by atoms with E-state index >= 15 is 0 Å². The molecule has 4 nitrogen and oxygen atoms in total. The molecule has 0 atom stereocenters. The van der Waals surface area contributed by atoms with Gasteiger partial charge in [0.15, 0.2) is 0 Å². The molecule has 2 N–H and O–H groups in total. The maximum Gasteiger partial charge on any atom is 0.258 e. The second-order valence-electron chi connectivity index (χ2n) is 4.52. The summed E-state index contributed by atoms with van der Waals surface area (Å²) in [5.41, 5.74) is 7.98. The summed E-state index contributed by atoms with van der Waals surface area (Å²) in [5.74, 6) is -0.794. The second-order valence-corrected chi connectivity index (χ2v) is 4.52.